The molecule has 0 fully saturated rings. The monoisotopic (exact) mass is 133 g/mol. The molecule has 1 N–H and O–H groups in total. The maximum Gasteiger partial charge on any atom is 0.289 e. The van der Waals surface area contributed by atoms with E-state index in [-0.39, 0.29) is 5.76 Å². The van der Waals surface area contributed by atoms with Crippen molar-refractivity contribution in [1.82, 2.24) is 9.55 Å². The van der Waals surface area contributed by atoms with E-state index in [2.05, 4.69) is 11.1 Å². The van der Waals surface area contributed by atoms with Gasteiger partial charge in [0, 0.05) is 12.4 Å². The van der Waals surface area contributed by atoms with Crippen LogP contribution in [-0.4, -0.2) is 14.7 Å². The lowest BCUT2D eigenvalue weighted by Crippen LogP contribution is -1.96. The number of nitrogens with zero attached hydrogens (tertiary/aromatic N) is 2. The van der Waals surface area contributed by atoms with Crippen molar-refractivity contribution in [3.63, 3.8) is 0 Å². The first-order chi connectivity index (χ1) is 4.86. The number of hydrogen-bond acceptors (Lipinski definition) is 2. The highest BCUT2D eigenvalue weighted by Gasteiger charge is 2.12. The summed E-state index contributed by atoms with van der Waals surface area (Å²) in [7, 11) is 0. The van der Waals surface area contributed by atoms with Gasteiger partial charge < -0.3 is 5.11 Å². The number of imidazole rings is 1. The van der Waals surface area contributed by atoms with Crippen molar-refractivity contribution in [2.24, 2.45) is 0 Å². The van der Waals surface area contributed by atoms with E-state index in [1.165, 1.54) is 6.08 Å². The number of aliphatic hydroxyl groups excluding tert-OH is 1. The molecule has 0 unspecified atom stereocenters. The van der Waals surface area contributed by atoms with Gasteiger partial charge in [0.25, 0.3) is 11.6 Å². The summed E-state index contributed by atoms with van der Waals surface area (Å²) >= 11 is 0. The Kier molecular flexibility index (Phi) is 0.879. The Hall–Kier alpha value is -1.60. The largest absolute Gasteiger partial charge is 0.419 e. The van der Waals surface area contributed by atoms with E-state index in [1.807, 2.05) is 0 Å². The second kappa shape index (κ2) is 1.69. The van der Waals surface area contributed by atoms with Gasteiger partial charge in [0.15, 0.2) is 6.08 Å². The van der Waals surface area contributed by atoms with Crippen LogP contribution in [0.4, 0.5) is 0 Å². The molecule has 0 atom stereocenters. The van der Waals surface area contributed by atoms with Crippen molar-refractivity contribution in [2.75, 3.05) is 0 Å². The fraction of sp³-hybridized carbons (Fsp3) is 0. The van der Waals surface area contributed by atoms with Crippen LogP contribution in [0.1, 0.15) is 5.82 Å². The fourth-order valence-electron chi connectivity index (χ4n) is 0.847. The number of allylic oxidation sites excluding steroid dienone is 1. The van der Waals surface area contributed by atoms with Gasteiger partial charge in [0.2, 0.25) is 6.08 Å². The molecule has 0 radical (unpaired) electrons. The third-order valence-electron chi connectivity index (χ3n) is 1.29. The number of hydrogen-bond donors (Lipinski definition) is 1. The molecule has 2 heterocycles. The first-order valence-electron chi connectivity index (χ1n) is 2.89. The minimum Gasteiger partial charge on any atom is -0.419 e. The molecule has 3 heteroatoms. The number of fused-ring (bicyclic) bond motifs is 1. The third-order valence-corrected chi connectivity index (χ3v) is 1.29. The third kappa shape index (κ3) is 0.616. The van der Waals surface area contributed by atoms with Gasteiger partial charge >= 0.3 is 0 Å². The Morgan fingerprint density at radius 3 is 3.40 bits per heavy atom. The Morgan fingerprint density at radius 1 is 1.60 bits per heavy atom. The van der Waals surface area contributed by atoms with Crippen LogP contribution in [-0.2, 0) is 0 Å². The minimum absolute atomic E-state index is 0.200. The van der Waals surface area contributed by atoms with E-state index in [4.69, 9.17) is 5.11 Å². The smallest absolute Gasteiger partial charge is 0.289 e. The van der Waals surface area contributed by atoms with Crippen LogP contribution in [0.15, 0.2) is 24.2 Å². The van der Waals surface area contributed by atoms with Crippen molar-refractivity contribution in [3.05, 3.63) is 36.1 Å². The zero-order chi connectivity index (χ0) is 6.97. The zero-order valence-corrected chi connectivity index (χ0v) is 5.15. The molecule has 1 aliphatic heterocycles. The Labute approximate surface area is 57.9 Å². The maximum absolute atomic E-state index is 8.97. The molecule has 0 bridgehead atoms. The molecular formula is C7H5N2O+. The second-order valence-corrected chi connectivity index (χ2v) is 2.00. The molecule has 1 aromatic rings. The van der Waals surface area contributed by atoms with Gasteiger partial charge in [-0.05, 0) is 0 Å². The van der Waals surface area contributed by atoms with Crippen molar-refractivity contribution >= 4 is 6.20 Å². The molecule has 3 nitrogen and oxygen atoms in total. The first-order valence-corrected chi connectivity index (χ1v) is 2.89. The molecule has 0 spiro atoms. The average Bonchev–Trinajstić information content (AvgIpc) is 2.33. The van der Waals surface area contributed by atoms with E-state index in [0.717, 1.165) is 5.82 Å². The van der Waals surface area contributed by atoms with Gasteiger partial charge in [-0.1, -0.05) is 0 Å². The van der Waals surface area contributed by atoms with E-state index in [0.29, 0.717) is 0 Å². The molecule has 0 saturated heterocycles. The summed E-state index contributed by atoms with van der Waals surface area (Å²) in [5.74, 6) is 0.920. The normalized spacial score (nSPS) is 13.8. The molecule has 0 saturated carbocycles. The topological polar surface area (TPSA) is 38.0 Å². The maximum atomic E-state index is 8.97. The van der Waals surface area contributed by atoms with E-state index in [1.54, 1.807) is 23.2 Å². The van der Waals surface area contributed by atoms with Crippen molar-refractivity contribution < 1.29 is 5.11 Å². The standard InChI is InChI=1S/C7H4N2O/c10-6-1-2-7-8-3-4-9(7)5-6/h1,3-5H/p+1. The average molecular weight is 133 g/mol. The van der Waals surface area contributed by atoms with Gasteiger partial charge in [-0.2, -0.15) is 0 Å². The molecule has 48 valence electrons. The molecule has 0 aliphatic carbocycles. The Morgan fingerprint density at radius 2 is 2.50 bits per heavy atom. The number of rotatable bonds is 0. The summed E-state index contributed by atoms with van der Waals surface area (Å²) in [5.41, 5.74) is 0. The molecule has 10 heavy (non-hydrogen) atoms. The molecule has 2 rings (SSSR count). The lowest BCUT2D eigenvalue weighted by atomic mass is 10.3. The molecule has 1 aliphatic rings. The van der Waals surface area contributed by atoms with E-state index in [9.17, 15) is 0 Å². The predicted molar refractivity (Wildman–Crippen MR) is 36.0 cm³/mol. The van der Waals surface area contributed by atoms with Crippen molar-refractivity contribution in [2.45, 2.75) is 0 Å². The fourth-order valence-corrected chi connectivity index (χ4v) is 0.847. The molecule has 0 aromatic carbocycles. The Bertz CT molecular complexity index is 309. The highest BCUT2D eigenvalue weighted by Crippen LogP contribution is 2.07. The van der Waals surface area contributed by atoms with Crippen LogP contribution in [0, 0.1) is 6.08 Å². The zero-order valence-electron chi connectivity index (χ0n) is 5.15. The Balaban J connectivity index is 2.62. The summed E-state index contributed by atoms with van der Waals surface area (Å²) in [6.45, 7) is 0. The second-order valence-electron chi connectivity index (χ2n) is 2.00. The summed E-state index contributed by atoms with van der Waals surface area (Å²) in [6, 6.07) is 0. The quantitative estimate of drug-likeness (QED) is 0.535. The van der Waals surface area contributed by atoms with Gasteiger partial charge in [0.05, 0.1) is 0 Å². The van der Waals surface area contributed by atoms with Gasteiger partial charge in [0.1, 0.15) is 6.20 Å². The van der Waals surface area contributed by atoms with Crippen LogP contribution in [0.2, 0.25) is 0 Å². The van der Waals surface area contributed by atoms with Gasteiger partial charge in [-0.3, -0.25) is 4.57 Å². The van der Waals surface area contributed by atoms with Gasteiger partial charge in [-0.15, -0.1) is 0 Å². The summed E-state index contributed by atoms with van der Waals surface area (Å²) < 4.78 is 1.70. The predicted octanol–water partition coefficient (Wildman–Crippen LogP) is 0.961. The SMILES string of the molecule is OC1=Cn2ccnc2[C+]=C1. The summed E-state index contributed by atoms with van der Waals surface area (Å²) in [6.07, 6.45) is 9.29. The van der Waals surface area contributed by atoms with E-state index < -0.39 is 0 Å². The summed E-state index contributed by atoms with van der Waals surface area (Å²) in [5, 5.41) is 8.97. The highest BCUT2D eigenvalue weighted by atomic mass is 16.3. The van der Waals surface area contributed by atoms with Crippen LogP contribution < -0.4 is 0 Å². The summed E-state index contributed by atoms with van der Waals surface area (Å²) in [4.78, 5) is 3.96. The minimum atomic E-state index is 0.200. The number of aromatic nitrogens is 2. The van der Waals surface area contributed by atoms with Crippen molar-refractivity contribution in [1.29, 1.82) is 0 Å². The molecule has 0 amide bonds. The lowest BCUT2D eigenvalue weighted by Gasteiger charge is -1.91. The highest BCUT2D eigenvalue weighted by molar-refractivity contribution is 5.39. The van der Waals surface area contributed by atoms with Crippen LogP contribution in [0.25, 0.3) is 6.20 Å². The lowest BCUT2D eigenvalue weighted by molar-refractivity contribution is 0.433. The van der Waals surface area contributed by atoms with E-state index >= 15 is 0 Å². The van der Waals surface area contributed by atoms with Crippen LogP contribution >= 0.6 is 0 Å². The number of aliphatic hydroxyl groups is 1. The molecular weight excluding hydrogens is 128 g/mol. The first kappa shape index (κ1) is 5.21. The van der Waals surface area contributed by atoms with Crippen molar-refractivity contribution in [3.8, 4) is 0 Å². The van der Waals surface area contributed by atoms with Crippen LogP contribution in [0.3, 0.4) is 0 Å². The van der Waals surface area contributed by atoms with Crippen LogP contribution in [0.5, 0.6) is 0 Å². The van der Waals surface area contributed by atoms with Gasteiger partial charge in [-0.25, -0.2) is 4.98 Å². The molecule has 1 aromatic heterocycles.